The lowest BCUT2D eigenvalue weighted by Gasteiger charge is -2.33. The molecule has 236 valence electrons. The van der Waals surface area contributed by atoms with E-state index in [1.807, 2.05) is 61.5 Å². The highest BCUT2D eigenvalue weighted by Crippen LogP contribution is 2.33. The predicted molar refractivity (Wildman–Crippen MR) is 175 cm³/mol. The van der Waals surface area contributed by atoms with Gasteiger partial charge in [0.1, 0.15) is 12.6 Å². The number of methoxy groups -OCH3 is 2. The van der Waals surface area contributed by atoms with Gasteiger partial charge in [-0.2, -0.15) is 0 Å². The fraction of sp³-hybridized carbons (Fsp3) is 0.235. The summed E-state index contributed by atoms with van der Waals surface area (Å²) in [6.45, 7) is 1.44. The fourth-order valence-corrected chi connectivity index (χ4v) is 6.41. The molecular weight excluding hydrogens is 614 g/mol. The van der Waals surface area contributed by atoms with Crippen molar-refractivity contribution in [2.24, 2.45) is 0 Å². The van der Waals surface area contributed by atoms with Crippen LogP contribution in [0.3, 0.4) is 0 Å². The normalized spacial score (nSPS) is 11.8. The van der Waals surface area contributed by atoms with Crippen molar-refractivity contribution >= 4 is 39.1 Å². The van der Waals surface area contributed by atoms with Crippen LogP contribution in [0.5, 0.6) is 11.5 Å². The Morgan fingerprint density at radius 2 is 1.49 bits per heavy atom. The summed E-state index contributed by atoms with van der Waals surface area (Å²) in [6.07, 6.45) is 0.224. The summed E-state index contributed by atoms with van der Waals surface area (Å²) in [5, 5.41) is 3.08. The summed E-state index contributed by atoms with van der Waals surface area (Å²) >= 11 is 6.13. The number of likely N-dealkylation sites (N-methyl/N-ethyl adjacent to an activating group) is 1. The first-order valence-electron chi connectivity index (χ1n) is 14.2. The monoisotopic (exact) mass is 649 g/mol. The third kappa shape index (κ3) is 8.14. The number of sulfonamides is 1. The van der Waals surface area contributed by atoms with Crippen molar-refractivity contribution in [2.75, 3.05) is 32.1 Å². The lowest BCUT2D eigenvalue weighted by Crippen LogP contribution is -2.53. The maximum atomic E-state index is 14.4. The standard InChI is InChI=1S/C34H36ClN3O6S/c1-24-10-12-26(13-11-24)22-37(30(34(40)36-2)20-25-8-6-5-7-9-25)33(39)23-38(28-16-14-27(35)15-17-28)45(41,42)29-18-19-31(43-3)32(21-29)44-4/h5-19,21,30H,20,22-23H2,1-4H3,(H,36,40). The van der Waals surface area contributed by atoms with Crippen LogP contribution in [0.2, 0.25) is 5.02 Å². The van der Waals surface area contributed by atoms with Crippen molar-refractivity contribution in [1.29, 1.82) is 0 Å². The Balaban J connectivity index is 1.80. The molecule has 0 fully saturated rings. The molecule has 4 rings (SSSR count). The van der Waals surface area contributed by atoms with Crippen molar-refractivity contribution < 1.29 is 27.5 Å². The lowest BCUT2D eigenvalue weighted by molar-refractivity contribution is -0.139. The van der Waals surface area contributed by atoms with Gasteiger partial charge in [-0.25, -0.2) is 8.42 Å². The first-order chi connectivity index (χ1) is 21.6. The van der Waals surface area contributed by atoms with E-state index in [0.29, 0.717) is 10.8 Å². The number of aryl methyl sites for hydroxylation is 1. The number of ether oxygens (including phenoxy) is 2. The Labute approximate surface area is 269 Å². The van der Waals surface area contributed by atoms with E-state index in [9.17, 15) is 18.0 Å². The summed E-state index contributed by atoms with van der Waals surface area (Å²) in [4.78, 5) is 29.1. The molecule has 0 heterocycles. The van der Waals surface area contributed by atoms with Crippen molar-refractivity contribution in [2.45, 2.75) is 30.8 Å². The molecular formula is C34H36ClN3O6S. The molecule has 1 unspecified atom stereocenters. The van der Waals surface area contributed by atoms with Gasteiger partial charge in [-0.3, -0.25) is 13.9 Å². The summed E-state index contributed by atoms with van der Waals surface area (Å²) in [7, 11) is 0.0311. The molecule has 4 aromatic rings. The van der Waals surface area contributed by atoms with Gasteiger partial charge in [-0.05, 0) is 54.4 Å². The highest BCUT2D eigenvalue weighted by Gasteiger charge is 2.34. The third-order valence-electron chi connectivity index (χ3n) is 7.33. The number of carbonyl (C=O) groups excluding carboxylic acids is 2. The number of hydrogen-bond acceptors (Lipinski definition) is 6. The van der Waals surface area contributed by atoms with Crippen LogP contribution in [0.25, 0.3) is 0 Å². The number of rotatable bonds is 13. The highest BCUT2D eigenvalue weighted by molar-refractivity contribution is 7.92. The van der Waals surface area contributed by atoms with Crippen molar-refractivity contribution in [3.05, 3.63) is 119 Å². The highest BCUT2D eigenvalue weighted by atomic mass is 35.5. The number of nitrogens with one attached hydrogen (secondary N) is 1. The molecule has 0 aromatic heterocycles. The number of amides is 2. The van der Waals surface area contributed by atoms with E-state index in [4.69, 9.17) is 21.1 Å². The summed E-state index contributed by atoms with van der Waals surface area (Å²) in [5.74, 6) is -0.382. The molecule has 11 heteroatoms. The average Bonchev–Trinajstić information content (AvgIpc) is 3.06. The molecule has 0 aliphatic rings. The predicted octanol–water partition coefficient (Wildman–Crippen LogP) is 5.25. The zero-order valence-corrected chi connectivity index (χ0v) is 27.1. The van der Waals surface area contributed by atoms with E-state index in [-0.39, 0.29) is 35.2 Å². The van der Waals surface area contributed by atoms with Crippen LogP contribution >= 0.6 is 11.6 Å². The largest absolute Gasteiger partial charge is 0.493 e. The zero-order valence-electron chi connectivity index (χ0n) is 25.6. The molecule has 9 nitrogen and oxygen atoms in total. The number of halogens is 1. The van der Waals surface area contributed by atoms with Gasteiger partial charge in [0.15, 0.2) is 11.5 Å². The maximum absolute atomic E-state index is 14.4. The number of carbonyl (C=O) groups is 2. The molecule has 0 saturated carbocycles. The van der Waals surface area contributed by atoms with Crippen molar-refractivity contribution in [1.82, 2.24) is 10.2 Å². The van der Waals surface area contributed by atoms with E-state index in [1.165, 1.54) is 56.5 Å². The van der Waals surface area contributed by atoms with E-state index in [2.05, 4.69) is 5.32 Å². The van der Waals surface area contributed by atoms with Crippen molar-refractivity contribution in [3.8, 4) is 11.5 Å². The minimum atomic E-state index is -4.34. The lowest BCUT2D eigenvalue weighted by atomic mass is 10.0. The van der Waals surface area contributed by atoms with Crippen LogP contribution in [0.1, 0.15) is 16.7 Å². The zero-order chi connectivity index (χ0) is 32.6. The fourth-order valence-electron chi connectivity index (χ4n) is 4.85. The molecule has 1 N–H and O–H groups in total. The quantitative estimate of drug-likeness (QED) is 0.212. The van der Waals surface area contributed by atoms with E-state index in [0.717, 1.165) is 21.0 Å². The Bertz CT molecular complexity index is 1720. The Morgan fingerprint density at radius 3 is 2.09 bits per heavy atom. The Hall–Kier alpha value is -4.54. The molecule has 0 saturated heterocycles. The summed E-state index contributed by atoms with van der Waals surface area (Å²) in [5.41, 5.74) is 2.90. The molecule has 2 amide bonds. The van der Waals surface area contributed by atoms with Gasteiger partial charge in [-0.15, -0.1) is 0 Å². The molecule has 45 heavy (non-hydrogen) atoms. The molecule has 1 atom stereocenters. The molecule has 0 aliphatic carbocycles. The van der Waals surface area contributed by atoms with Gasteiger partial charge in [0.25, 0.3) is 10.0 Å². The second-order valence-corrected chi connectivity index (χ2v) is 12.6. The smallest absolute Gasteiger partial charge is 0.264 e. The number of benzene rings is 4. The number of nitrogens with zero attached hydrogens (tertiary/aromatic N) is 2. The second-order valence-electron chi connectivity index (χ2n) is 10.3. The van der Waals surface area contributed by atoms with Gasteiger partial charge in [0.05, 0.1) is 24.8 Å². The van der Waals surface area contributed by atoms with Gasteiger partial charge in [0.2, 0.25) is 11.8 Å². The van der Waals surface area contributed by atoms with Crippen LogP contribution in [0.15, 0.2) is 102 Å². The molecule has 4 aromatic carbocycles. The van der Waals surface area contributed by atoms with Crippen molar-refractivity contribution in [3.63, 3.8) is 0 Å². The Morgan fingerprint density at radius 1 is 0.844 bits per heavy atom. The number of hydrogen-bond donors (Lipinski definition) is 1. The summed E-state index contributed by atoms with van der Waals surface area (Å²) < 4.78 is 40.1. The van der Waals surface area contributed by atoms with Gasteiger partial charge in [0, 0.05) is 31.1 Å². The van der Waals surface area contributed by atoms with Crippen LogP contribution in [-0.2, 0) is 32.6 Å². The SMILES string of the molecule is CNC(=O)C(Cc1ccccc1)N(Cc1ccc(C)cc1)C(=O)CN(c1ccc(Cl)cc1)S(=O)(=O)c1ccc(OC)c(OC)c1. The first kappa shape index (κ1) is 33.4. The van der Waals surface area contributed by atoms with Gasteiger partial charge >= 0.3 is 0 Å². The third-order valence-corrected chi connectivity index (χ3v) is 9.35. The van der Waals surface area contributed by atoms with E-state index >= 15 is 0 Å². The minimum Gasteiger partial charge on any atom is -0.493 e. The van der Waals surface area contributed by atoms with E-state index in [1.54, 1.807) is 12.1 Å². The Kier molecular flexibility index (Phi) is 11.1. The summed E-state index contributed by atoms with van der Waals surface area (Å²) in [6, 6.07) is 26.4. The molecule has 0 spiro atoms. The minimum absolute atomic E-state index is 0.0783. The van der Waals surface area contributed by atoms with Crippen LogP contribution in [0.4, 0.5) is 5.69 Å². The topological polar surface area (TPSA) is 105 Å². The molecule has 0 aliphatic heterocycles. The van der Waals surface area contributed by atoms with Gasteiger partial charge in [-0.1, -0.05) is 71.8 Å². The first-order valence-corrected chi connectivity index (χ1v) is 16.0. The number of anilines is 1. The second kappa shape index (κ2) is 15.0. The van der Waals surface area contributed by atoms with Crippen LogP contribution in [-0.4, -0.2) is 59.0 Å². The van der Waals surface area contributed by atoms with E-state index < -0.39 is 28.5 Å². The maximum Gasteiger partial charge on any atom is 0.264 e. The van der Waals surface area contributed by atoms with Crippen LogP contribution in [0, 0.1) is 6.92 Å². The van der Waals surface area contributed by atoms with Crippen LogP contribution < -0.4 is 19.1 Å². The molecule has 0 radical (unpaired) electrons. The average molecular weight is 650 g/mol. The van der Waals surface area contributed by atoms with Gasteiger partial charge < -0.3 is 19.7 Å². The molecule has 0 bridgehead atoms.